The molecule has 2 N–H and O–H groups in total. The summed E-state index contributed by atoms with van der Waals surface area (Å²) in [5.74, 6) is -1.18. The van der Waals surface area contributed by atoms with Gasteiger partial charge in [0.1, 0.15) is 11.3 Å². The Labute approximate surface area is 152 Å². The minimum Gasteiger partial charge on any atom is -0.506 e. The van der Waals surface area contributed by atoms with E-state index in [-0.39, 0.29) is 27.6 Å². The lowest BCUT2D eigenvalue weighted by molar-refractivity contribution is -0.135. The summed E-state index contributed by atoms with van der Waals surface area (Å²) in [4.78, 5) is 12.1. The van der Waals surface area contributed by atoms with E-state index in [0.29, 0.717) is 5.56 Å². The van der Waals surface area contributed by atoms with Crippen LogP contribution >= 0.6 is 34.2 Å². The number of carbonyl (C=O) groups is 1. The zero-order valence-electron chi connectivity index (χ0n) is 12.1. The van der Waals surface area contributed by atoms with Gasteiger partial charge in [-0.05, 0) is 46.9 Å². The lowest BCUT2D eigenvalue weighted by atomic mass is 9.98. The molecule has 0 saturated heterocycles. The molecule has 0 aliphatic heterocycles. The number of nitrogens with one attached hydrogen (secondary N) is 1. The van der Waals surface area contributed by atoms with Crippen LogP contribution in [0.4, 0.5) is 0 Å². The van der Waals surface area contributed by atoms with Gasteiger partial charge in [-0.15, -0.1) is 0 Å². The van der Waals surface area contributed by atoms with Gasteiger partial charge in [0.25, 0.3) is 0 Å². The normalized spacial score (nSPS) is 11.6. The minimum absolute atomic E-state index is 0.134. The highest BCUT2D eigenvalue weighted by Crippen LogP contribution is 2.26. The molecule has 0 aliphatic rings. The fraction of sp³-hybridized carbons (Fsp3) is 0.0588. The second-order valence-corrected chi connectivity index (χ2v) is 6.23. The molecule has 0 saturated carbocycles. The number of hydrogen-bond donors (Lipinski definition) is 2. The van der Waals surface area contributed by atoms with Crippen LogP contribution in [0, 0.1) is 8.98 Å². The van der Waals surface area contributed by atoms with Crippen molar-refractivity contribution in [1.29, 1.82) is 5.41 Å². The molecule has 0 bridgehead atoms. The molecule has 2 aromatic rings. The van der Waals surface area contributed by atoms with Crippen LogP contribution in [0.2, 0.25) is 5.02 Å². The SMILES string of the molecule is COC(=O)C(C(=N)c1ccc(I)cc1)=C(O)c1ccccc1Cl. The molecule has 0 fully saturated rings. The van der Waals surface area contributed by atoms with Crippen LogP contribution in [0.15, 0.2) is 54.1 Å². The lowest BCUT2D eigenvalue weighted by Gasteiger charge is -2.12. The van der Waals surface area contributed by atoms with Crippen LogP contribution in [0.5, 0.6) is 0 Å². The Bertz CT molecular complexity index is 785. The van der Waals surface area contributed by atoms with E-state index >= 15 is 0 Å². The van der Waals surface area contributed by atoms with E-state index in [1.54, 1.807) is 36.4 Å². The summed E-state index contributed by atoms with van der Waals surface area (Å²) in [7, 11) is 1.20. The van der Waals surface area contributed by atoms with Crippen molar-refractivity contribution in [1.82, 2.24) is 0 Å². The highest BCUT2D eigenvalue weighted by molar-refractivity contribution is 14.1. The summed E-state index contributed by atoms with van der Waals surface area (Å²) in [6.07, 6.45) is 0. The van der Waals surface area contributed by atoms with Gasteiger partial charge < -0.3 is 9.84 Å². The zero-order chi connectivity index (χ0) is 17.0. The van der Waals surface area contributed by atoms with Gasteiger partial charge in [-0.3, -0.25) is 5.41 Å². The minimum atomic E-state index is -0.800. The Morgan fingerprint density at radius 3 is 2.35 bits per heavy atom. The van der Waals surface area contributed by atoms with Gasteiger partial charge in [-0.25, -0.2) is 4.79 Å². The van der Waals surface area contributed by atoms with E-state index in [4.69, 9.17) is 21.7 Å². The van der Waals surface area contributed by atoms with E-state index in [2.05, 4.69) is 22.6 Å². The molecular formula is C17H13ClINO3. The van der Waals surface area contributed by atoms with Crippen LogP contribution < -0.4 is 0 Å². The summed E-state index contributed by atoms with van der Waals surface area (Å²) in [5, 5.41) is 19.1. The lowest BCUT2D eigenvalue weighted by Crippen LogP contribution is -2.17. The molecule has 118 valence electrons. The van der Waals surface area contributed by atoms with Crippen molar-refractivity contribution < 1.29 is 14.6 Å². The first kappa shape index (κ1) is 17.5. The topological polar surface area (TPSA) is 70.4 Å². The Hall–Kier alpha value is -1.86. The first-order valence-corrected chi connectivity index (χ1v) is 8.02. The number of rotatable bonds is 4. The molecule has 0 amide bonds. The monoisotopic (exact) mass is 441 g/mol. The average molecular weight is 442 g/mol. The number of esters is 1. The van der Waals surface area contributed by atoms with Gasteiger partial charge in [-0.1, -0.05) is 35.9 Å². The van der Waals surface area contributed by atoms with Crippen molar-refractivity contribution in [3.8, 4) is 0 Å². The van der Waals surface area contributed by atoms with Gasteiger partial charge in [0.15, 0.2) is 0 Å². The number of ether oxygens (including phenoxy) is 1. The number of methoxy groups -OCH3 is 1. The first-order valence-electron chi connectivity index (χ1n) is 6.57. The van der Waals surface area contributed by atoms with Gasteiger partial charge >= 0.3 is 5.97 Å². The first-order chi connectivity index (χ1) is 11.0. The molecule has 0 radical (unpaired) electrons. The molecule has 0 unspecified atom stereocenters. The number of aliphatic hydroxyl groups is 1. The molecule has 0 spiro atoms. The van der Waals surface area contributed by atoms with Crippen molar-refractivity contribution in [3.05, 3.63) is 73.8 Å². The number of halogens is 2. The van der Waals surface area contributed by atoms with Crippen molar-refractivity contribution >= 4 is 51.6 Å². The number of aliphatic hydroxyl groups excluding tert-OH is 1. The second kappa shape index (κ2) is 7.61. The van der Waals surface area contributed by atoms with Crippen LogP contribution in [-0.4, -0.2) is 23.9 Å². The maximum Gasteiger partial charge on any atom is 0.343 e. The van der Waals surface area contributed by atoms with Gasteiger partial charge in [0.05, 0.1) is 17.8 Å². The summed E-state index contributed by atoms with van der Waals surface area (Å²) in [6.45, 7) is 0. The third-order valence-corrected chi connectivity index (χ3v) is 4.19. The molecule has 0 aliphatic carbocycles. The predicted octanol–water partition coefficient (Wildman–Crippen LogP) is 4.45. The average Bonchev–Trinajstić information content (AvgIpc) is 2.55. The third kappa shape index (κ3) is 3.92. The standard InChI is InChI=1S/C17H13ClINO3/c1-23-17(22)14(15(20)10-6-8-11(19)9-7-10)16(21)12-4-2-3-5-13(12)18/h2-9,20-21H,1H3. The number of hydrogen-bond acceptors (Lipinski definition) is 4. The van der Waals surface area contributed by atoms with Crippen LogP contribution in [0.25, 0.3) is 5.76 Å². The molecule has 23 heavy (non-hydrogen) atoms. The summed E-state index contributed by atoms with van der Waals surface area (Å²) in [5.41, 5.74) is 0.390. The Kier molecular flexibility index (Phi) is 5.79. The summed E-state index contributed by atoms with van der Waals surface area (Å²) in [6, 6.07) is 13.6. The Balaban J connectivity index is 2.59. The number of benzene rings is 2. The van der Waals surface area contributed by atoms with Gasteiger partial charge in [0.2, 0.25) is 0 Å². The van der Waals surface area contributed by atoms with Gasteiger partial charge in [-0.2, -0.15) is 0 Å². The van der Waals surface area contributed by atoms with E-state index in [9.17, 15) is 9.90 Å². The van der Waals surface area contributed by atoms with Crippen LogP contribution in [0.3, 0.4) is 0 Å². The highest BCUT2D eigenvalue weighted by Gasteiger charge is 2.24. The molecule has 0 atom stereocenters. The molecule has 4 nitrogen and oxygen atoms in total. The van der Waals surface area contributed by atoms with Crippen molar-refractivity contribution in [2.24, 2.45) is 0 Å². The zero-order valence-corrected chi connectivity index (χ0v) is 15.1. The smallest absolute Gasteiger partial charge is 0.343 e. The van der Waals surface area contributed by atoms with E-state index in [0.717, 1.165) is 3.57 Å². The molecular weight excluding hydrogens is 429 g/mol. The molecule has 2 rings (SSSR count). The summed E-state index contributed by atoms with van der Waals surface area (Å²) < 4.78 is 5.72. The Morgan fingerprint density at radius 2 is 1.78 bits per heavy atom. The predicted molar refractivity (Wildman–Crippen MR) is 99.0 cm³/mol. The largest absolute Gasteiger partial charge is 0.506 e. The van der Waals surface area contributed by atoms with E-state index in [1.165, 1.54) is 7.11 Å². The van der Waals surface area contributed by atoms with Gasteiger partial charge in [0, 0.05) is 14.7 Å². The molecule has 0 heterocycles. The maximum atomic E-state index is 12.1. The number of carbonyl (C=O) groups excluding carboxylic acids is 1. The second-order valence-electron chi connectivity index (χ2n) is 4.58. The van der Waals surface area contributed by atoms with E-state index in [1.807, 2.05) is 12.1 Å². The molecule has 2 aromatic carbocycles. The fourth-order valence-corrected chi connectivity index (χ4v) is 2.55. The fourth-order valence-electron chi connectivity index (χ4n) is 1.97. The third-order valence-electron chi connectivity index (χ3n) is 3.14. The van der Waals surface area contributed by atoms with Crippen LogP contribution in [0.1, 0.15) is 11.1 Å². The maximum absolute atomic E-state index is 12.1. The summed E-state index contributed by atoms with van der Waals surface area (Å²) >= 11 is 8.21. The van der Waals surface area contributed by atoms with Crippen LogP contribution in [-0.2, 0) is 9.53 Å². The molecule has 0 aromatic heterocycles. The van der Waals surface area contributed by atoms with Crippen molar-refractivity contribution in [3.63, 3.8) is 0 Å². The van der Waals surface area contributed by atoms with Crippen molar-refractivity contribution in [2.45, 2.75) is 0 Å². The highest BCUT2D eigenvalue weighted by atomic mass is 127. The quantitative estimate of drug-likeness (QED) is 0.242. The molecule has 6 heteroatoms. The van der Waals surface area contributed by atoms with Crippen molar-refractivity contribution in [2.75, 3.05) is 7.11 Å². The van der Waals surface area contributed by atoms with E-state index < -0.39 is 5.97 Å². The Morgan fingerprint density at radius 1 is 1.17 bits per heavy atom.